The molecule has 3 rings (SSSR count). The Morgan fingerprint density at radius 2 is 1.67 bits per heavy atom. The summed E-state index contributed by atoms with van der Waals surface area (Å²) >= 11 is 0. The third-order valence-corrected chi connectivity index (χ3v) is 4.11. The van der Waals surface area contributed by atoms with E-state index in [0.29, 0.717) is 11.3 Å². The van der Waals surface area contributed by atoms with E-state index in [9.17, 15) is 18.8 Å². The van der Waals surface area contributed by atoms with E-state index in [1.54, 1.807) is 48.5 Å². The molecule has 0 saturated heterocycles. The van der Waals surface area contributed by atoms with Crippen molar-refractivity contribution in [2.75, 3.05) is 5.32 Å². The van der Waals surface area contributed by atoms with Crippen LogP contribution in [0, 0.1) is 5.82 Å². The van der Waals surface area contributed by atoms with E-state index in [-0.39, 0.29) is 23.8 Å². The van der Waals surface area contributed by atoms with Gasteiger partial charge in [-0.15, -0.1) is 0 Å². The van der Waals surface area contributed by atoms with E-state index in [2.05, 4.69) is 10.6 Å². The number of halogens is 1. The molecule has 6 nitrogen and oxygen atoms in total. The molecule has 0 unspecified atom stereocenters. The molecule has 152 valence electrons. The van der Waals surface area contributed by atoms with Crippen LogP contribution in [0.1, 0.15) is 33.2 Å². The fraction of sp³-hybridized carbons (Fsp3) is 0.0870. The lowest BCUT2D eigenvalue weighted by atomic mass is 10.1. The molecule has 0 atom stereocenters. The molecule has 0 aliphatic carbocycles. The van der Waals surface area contributed by atoms with Gasteiger partial charge in [-0.3, -0.25) is 14.4 Å². The number of amides is 2. The van der Waals surface area contributed by atoms with Gasteiger partial charge in [0, 0.05) is 24.7 Å². The maximum atomic E-state index is 13.8. The number of hydrogen-bond donors (Lipinski definition) is 2. The molecule has 0 aliphatic rings. The predicted octanol–water partition coefficient (Wildman–Crippen LogP) is 3.93. The van der Waals surface area contributed by atoms with Crippen molar-refractivity contribution >= 4 is 23.5 Å². The Morgan fingerprint density at radius 3 is 2.43 bits per heavy atom. The number of anilines is 1. The van der Waals surface area contributed by atoms with Crippen molar-refractivity contribution in [2.24, 2.45) is 0 Å². The number of carbonyl (C=O) groups is 3. The van der Waals surface area contributed by atoms with Gasteiger partial charge in [0.15, 0.2) is 0 Å². The standard InChI is InChI=1S/C23H19FN2O4/c1-15(27)30-19-9-5-7-17(13-19)22(28)25-14-16-6-4-8-18(12-16)26-23(29)20-10-2-3-11-21(20)24/h2-13H,14H2,1H3,(H,25,28)(H,26,29). The van der Waals surface area contributed by atoms with Gasteiger partial charge in [0.25, 0.3) is 11.8 Å². The molecule has 3 aromatic rings. The molecule has 2 N–H and O–H groups in total. The smallest absolute Gasteiger partial charge is 0.308 e. The Labute approximate surface area is 172 Å². The minimum absolute atomic E-state index is 0.0520. The molecule has 0 spiro atoms. The van der Waals surface area contributed by atoms with Crippen LogP contribution in [0.25, 0.3) is 0 Å². The normalized spacial score (nSPS) is 10.2. The number of hydrogen-bond acceptors (Lipinski definition) is 4. The van der Waals surface area contributed by atoms with Gasteiger partial charge in [-0.1, -0.05) is 30.3 Å². The lowest BCUT2D eigenvalue weighted by Gasteiger charge is -2.10. The lowest BCUT2D eigenvalue weighted by molar-refractivity contribution is -0.131. The van der Waals surface area contributed by atoms with Crippen molar-refractivity contribution in [3.8, 4) is 5.75 Å². The highest BCUT2D eigenvalue weighted by molar-refractivity contribution is 6.04. The molecule has 0 bridgehead atoms. The fourth-order valence-corrected chi connectivity index (χ4v) is 2.75. The highest BCUT2D eigenvalue weighted by Gasteiger charge is 2.12. The van der Waals surface area contributed by atoms with Crippen LogP contribution in [-0.4, -0.2) is 17.8 Å². The zero-order valence-electron chi connectivity index (χ0n) is 16.1. The molecule has 2 amide bonds. The van der Waals surface area contributed by atoms with Gasteiger partial charge in [0.05, 0.1) is 5.56 Å². The number of esters is 1. The first-order valence-corrected chi connectivity index (χ1v) is 9.14. The molecular weight excluding hydrogens is 387 g/mol. The van der Waals surface area contributed by atoms with Crippen molar-refractivity contribution in [3.05, 3.63) is 95.3 Å². The first-order chi connectivity index (χ1) is 14.4. The average molecular weight is 406 g/mol. The van der Waals surface area contributed by atoms with Gasteiger partial charge in [0.1, 0.15) is 11.6 Å². The average Bonchev–Trinajstić information content (AvgIpc) is 2.72. The number of nitrogens with one attached hydrogen (secondary N) is 2. The van der Waals surface area contributed by atoms with Gasteiger partial charge in [-0.05, 0) is 48.0 Å². The summed E-state index contributed by atoms with van der Waals surface area (Å²) < 4.78 is 18.7. The molecular formula is C23H19FN2O4. The summed E-state index contributed by atoms with van der Waals surface area (Å²) in [5.41, 5.74) is 1.51. The van der Waals surface area contributed by atoms with Crippen molar-refractivity contribution in [1.29, 1.82) is 0 Å². The Hall–Kier alpha value is -4.00. The zero-order chi connectivity index (χ0) is 21.5. The maximum Gasteiger partial charge on any atom is 0.308 e. The van der Waals surface area contributed by atoms with Crippen LogP contribution in [-0.2, 0) is 11.3 Å². The lowest BCUT2D eigenvalue weighted by Crippen LogP contribution is -2.23. The second-order valence-electron chi connectivity index (χ2n) is 6.44. The summed E-state index contributed by atoms with van der Waals surface area (Å²) in [5, 5.41) is 5.41. The largest absolute Gasteiger partial charge is 0.427 e. The second-order valence-corrected chi connectivity index (χ2v) is 6.44. The van der Waals surface area contributed by atoms with Crippen LogP contribution < -0.4 is 15.4 Å². The molecule has 0 saturated carbocycles. The molecule has 7 heteroatoms. The minimum Gasteiger partial charge on any atom is -0.427 e. The Kier molecular flexibility index (Phi) is 6.54. The molecule has 0 aliphatic heterocycles. The number of carbonyl (C=O) groups excluding carboxylic acids is 3. The van der Waals surface area contributed by atoms with Crippen molar-refractivity contribution in [2.45, 2.75) is 13.5 Å². The first-order valence-electron chi connectivity index (χ1n) is 9.14. The Bertz CT molecular complexity index is 1100. The van der Waals surface area contributed by atoms with Crippen LogP contribution in [0.15, 0.2) is 72.8 Å². The SMILES string of the molecule is CC(=O)Oc1cccc(C(=O)NCc2cccc(NC(=O)c3ccccc3F)c2)c1. The van der Waals surface area contributed by atoms with E-state index in [1.807, 2.05) is 0 Å². The molecule has 30 heavy (non-hydrogen) atoms. The van der Waals surface area contributed by atoms with Crippen molar-refractivity contribution < 1.29 is 23.5 Å². The third kappa shape index (κ3) is 5.51. The Balaban J connectivity index is 1.63. The Morgan fingerprint density at radius 1 is 0.900 bits per heavy atom. The van der Waals surface area contributed by atoms with E-state index in [0.717, 1.165) is 5.56 Å². The first kappa shape index (κ1) is 20.7. The number of benzene rings is 3. The van der Waals surface area contributed by atoms with Gasteiger partial charge in [0.2, 0.25) is 0 Å². The molecule has 3 aromatic carbocycles. The minimum atomic E-state index is -0.602. The summed E-state index contributed by atoms with van der Waals surface area (Å²) in [4.78, 5) is 35.7. The predicted molar refractivity (Wildman–Crippen MR) is 110 cm³/mol. The van der Waals surface area contributed by atoms with E-state index in [1.165, 1.54) is 31.2 Å². The molecule has 0 heterocycles. The van der Waals surface area contributed by atoms with E-state index < -0.39 is 17.7 Å². The highest BCUT2D eigenvalue weighted by atomic mass is 19.1. The van der Waals surface area contributed by atoms with Crippen LogP contribution in [0.3, 0.4) is 0 Å². The molecule has 0 radical (unpaired) electrons. The summed E-state index contributed by atoms with van der Waals surface area (Å²) in [6.07, 6.45) is 0. The van der Waals surface area contributed by atoms with Gasteiger partial charge < -0.3 is 15.4 Å². The van der Waals surface area contributed by atoms with Crippen LogP contribution in [0.2, 0.25) is 0 Å². The third-order valence-electron chi connectivity index (χ3n) is 4.11. The second kappa shape index (κ2) is 9.47. The van der Waals surface area contributed by atoms with Gasteiger partial charge in [-0.2, -0.15) is 0 Å². The summed E-state index contributed by atoms with van der Waals surface area (Å²) in [6, 6.07) is 18.9. The number of rotatable bonds is 6. The van der Waals surface area contributed by atoms with Crippen LogP contribution >= 0.6 is 0 Å². The topological polar surface area (TPSA) is 84.5 Å². The fourth-order valence-electron chi connectivity index (χ4n) is 2.75. The summed E-state index contributed by atoms with van der Waals surface area (Å²) in [6.45, 7) is 1.49. The molecule has 0 fully saturated rings. The van der Waals surface area contributed by atoms with E-state index >= 15 is 0 Å². The quantitative estimate of drug-likeness (QED) is 0.480. The molecule has 0 aromatic heterocycles. The van der Waals surface area contributed by atoms with E-state index in [4.69, 9.17) is 4.74 Å². The zero-order valence-corrected chi connectivity index (χ0v) is 16.1. The summed E-state index contributed by atoms with van der Waals surface area (Å²) in [5.74, 6) is -1.69. The number of ether oxygens (including phenoxy) is 1. The monoisotopic (exact) mass is 406 g/mol. The van der Waals surface area contributed by atoms with Crippen LogP contribution in [0.4, 0.5) is 10.1 Å². The summed E-state index contributed by atoms with van der Waals surface area (Å²) in [7, 11) is 0. The van der Waals surface area contributed by atoms with Crippen molar-refractivity contribution in [1.82, 2.24) is 5.32 Å². The van der Waals surface area contributed by atoms with Gasteiger partial charge in [-0.25, -0.2) is 4.39 Å². The van der Waals surface area contributed by atoms with Crippen molar-refractivity contribution in [3.63, 3.8) is 0 Å². The maximum absolute atomic E-state index is 13.8. The van der Waals surface area contributed by atoms with Crippen LogP contribution in [0.5, 0.6) is 5.75 Å². The van der Waals surface area contributed by atoms with Gasteiger partial charge >= 0.3 is 5.97 Å². The highest BCUT2D eigenvalue weighted by Crippen LogP contribution is 2.16.